The van der Waals surface area contributed by atoms with E-state index in [1.54, 1.807) is 12.1 Å². The Hall–Kier alpha value is -1.60. The van der Waals surface area contributed by atoms with E-state index in [-0.39, 0.29) is 30.2 Å². The Bertz CT molecular complexity index is 613. The standard InChI is InChI=1S/C13H18N2O4S/c1-10-3-4-11(12(16)9-10)13(17)14-5-7-15-6-2-8-20(15,18)19/h3-4,9,16H,2,5-8H2,1H3,(H,14,17). The van der Waals surface area contributed by atoms with Crippen molar-refractivity contribution in [2.24, 2.45) is 0 Å². The number of amides is 1. The monoisotopic (exact) mass is 298 g/mol. The minimum absolute atomic E-state index is 0.0729. The lowest BCUT2D eigenvalue weighted by molar-refractivity contribution is 0.0949. The van der Waals surface area contributed by atoms with Gasteiger partial charge < -0.3 is 10.4 Å². The maximum atomic E-state index is 11.9. The molecule has 2 rings (SSSR count). The van der Waals surface area contributed by atoms with Crippen molar-refractivity contribution in [3.63, 3.8) is 0 Å². The number of aromatic hydroxyl groups is 1. The molecule has 1 saturated heterocycles. The van der Waals surface area contributed by atoms with Crippen LogP contribution >= 0.6 is 0 Å². The van der Waals surface area contributed by atoms with E-state index >= 15 is 0 Å². The molecular weight excluding hydrogens is 280 g/mol. The van der Waals surface area contributed by atoms with Crippen molar-refractivity contribution < 1.29 is 18.3 Å². The minimum Gasteiger partial charge on any atom is -0.507 e. The van der Waals surface area contributed by atoms with Gasteiger partial charge in [0.2, 0.25) is 10.0 Å². The number of carbonyl (C=O) groups is 1. The van der Waals surface area contributed by atoms with Gasteiger partial charge in [-0.1, -0.05) is 6.07 Å². The van der Waals surface area contributed by atoms with Crippen LogP contribution in [0, 0.1) is 6.92 Å². The van der Waals surface area contributed by atoms with Crippen molar-refractivity contribution in [3.8, 4) is 5.75 Å². The second-order valence-corrected chi connectivity index (χ2v) is 6.93. The van der Waals surface area contributed by atoms with Gasteiger partial charge in [-0.3, -0.25) is 4.79 Å². The quantitative estimate of drug-likeness (QED) is 0.846. The van der Waals surface area contributed by atoms with Crippen molar-refractivity contribution in [2.45, 2.75) is 13.3 Å². The molecule has 1 heterocycles. The number of aryl methyl sites for hydroxylation is 1. The van der Waals surface area contributed by atoms with Gasteiger partial charge in [0.25, 0.3) is 5.91 Å². The zero-order valence-corrected chi connectivity index (χ0v) is 12.1. The smallest absolute Gasteiger partial charge is 0.255 e. The number of carbonyl (C=O) groups excluding carboxylic acids is 1. The summed E-state index contributed by atoms with van der Waals surface area (Å²) in [6.45, 7) is 2.82. The van der Waals surface area contributed by atoms with Crippen molar-refractivity contribution >= 4 is 15.9 Å². The summed E-state index contributed by atoms with van der Waals surface area (Å²) in [6.07, 6.45) is 0.634. The molecule has 1 aromatic carbocycles. The highest BCUT2D eigenvalue weighted by atomic mass is 32.2. The fourth-order valence-electron chi connectivity index (χ4n) is 2.17. The van der Waals surface area contributed by atoms with E-state index in [9.17, 15) is 18.3 Å². The van der Waals surface area contributed by atoms with Gasteiger partial charge in [0.15, 0.2) is 0 Å². The molecule has 2 N–H and O–H groups in total. The van der Waals surface area contributed by atoms with E-state index in [4.69, 9.17) is 0 Å². The van der Waals surface area contributed by atoms with Crippen molar-refractivity contribution in [3.05, 3.63) is 29.3 Å². The molecule has 0 saturated carbocycles. The molecule has 1 aromatic rings. The molecule has 1 aliphatic heterocycles. The Labute approximate surface area is 118 Å². The Morgan fingerprint density at radius 1 is 1.45 bits per heavy atom. The molecular formula is C13H18N2O4S. The second kappa shape index (κ2) is 5.80. The lowest BCUT2D eigenvalue weighted by Gasteiger charge is -2.14. The van der Waals surface area contributed by atoms with Crippen molar-refractivity contribution in [2.75, 3.05) is 25.4 Å². The molecule has 20 heavy (non-hydrogen) atoms. The Morgan fingerprint density at radius 3 is 2.80 bits per heavy atom. The summed E-state index contributed by atoms with van der Waals surface area (Å²) in [6, 6.07) is 4.80. The average molecular weight is 298 g/mol. The van der Waals surface area contributed by atoms with Crippen LogP contribution in [0.15, 0.2) is 18.2 Å². The van der Waals surface area contributed by atoms with Crippen molar-refractivity contribution in [1.82, 2.24) is 9.62 Å². The van der Waals surface area contributed by atoms with E-state index in [1.165, 1.54) is 10.4 Å². The van der Waals surface area contributed by atoms with E-state index < -0.39 is 15.9 Å². The second-order valence-electron chi connectivity index (χ2n) is 4.85. The van der Waals surface area contributed by atoms with Gasteiger partial charge in [-0.25, -0.2) is 12.7 Å². The first-order valence-corrected chi connectivity index (χ1v) is 8.07. The zero-order chi connectivity index (χ0) is 14.8. The molecule has 1 fully saturated rings. The fraction of sp³-hybridized carbons (Fsp3) is 0.462. The molecule has 0 aromatic heterocycles. The summed E-state index contributed by atoms with van der Waals surface area (Å²) < 4.78 is 24.5. The topological polar surface area (TPSA) is 86.7 Å². The van der Waals surface area contributed by atoms with Crippen LogP contribution in [-0.4, -0.2) is 49.1 Å². The van der Waals surface area contributed by atoms with Crippen LogP contribution in [0.3, 0.4) is 0 Å². The fourth-order valence-corrected chi connectivity index (χ4v) is 3.69. The maximum Gasteiger partial charge on any atom is 0.255 e. The maximum absolute atomic E-state index is 11.9. The zero-order valence-electron chi connectivity index (χ0n) is 11.3. The van der Waals surface area contributed by atoms with E-state index in [0.29, 0.717) is 13.0 Å². The molecule has 0 atom stereocenters. The highest BCUT2D eigenvalue weighted by molar-refractivity contribution is 7.89. The van der Waals surface area contributed by atoms with Crippen LogP contribution in [0.5, 0.6) is 5.75 Å². The first kappa shape index (κ1) is 14.8. The summed E-state index contributed by atoms with van der Waals surface area (Å²) >= 11 is 0. The number of rotatable bonds is 4. The number of phenols is 1. The number of sulfonamides is 1. The van der Waals surface area contributed by atoms with Crippen molar-refractivity contribution in [1.29, 1.82) is 0 Å². The van der Waals surface area contributed by atoms with Gasteiger partial charge in [0.1, 0.15) is 5.75 Å². The predicted octanol–water partition coefficient (Wildman–Crippen LogP) is 0.466. The largest absolute Gasteiger partial charge is 0.507 e. The SMILES string of the molecule is Cc1ccc(C(=O)NCCN2CCCS2(=O)=O)c(O)c1. The molecule has 0 bridgehead atoms. The molecule has 0 spiro atoms. The van der Waals surface area contributed by atoms with Gasteiger partial charge in [-0.2, -0.15) is 0 Å². The molecule has 7 heteroatoms. The summed E-state index contributed by atoms with van der Waals surface area (Å²) in [5, 5.41) is 12.3. The predicted molar refractivity (Wildman–Crippen MR) is 75.2 cm³/mol. The lowest BCUT2D eigenvalue weighted by Crippen LogP contribution is -2.35. The van der Waals surface area contributed by atoms with Crippen LogP contribution in [0.2, 0.25) is 0 Å². The molecule has 0 aliphatic carbocycles. The summed E-state index contributed by atoms with van der Waals surface area (Å²) in [5.41, 5.74) is 1.06. The highest BCUT2D eigenvalue weighted by Crippen LogP contribution is 2.18. The van der Waals surface area contributed by atoms with Gasteiger partial charge in [0.05, 0.1) is 11.3 Å². The van der Waals surface area contributed by atoms with E-state index in [0.717, 1.165) is 5.56 Å². The number of hydrogen-bond acceptors (Lipinski definition) is 4. The Balaban J connectivity index is 1.90. The van der Waals surface area contributed by atoms with Gasteiger partial charge >= 0.3 is 0 Å². The number of benzene rings is 1. The summed E-state index contributed by atoms with van der Waals surface area (Å²) in [5.74, 6) is -0.296. The number of hydrogen-bond donors (Lipinski definition) is 2. The molecule has 1 amide bonds. The van der Waals surface area contributed by atoms with Crippen LogP contribution in [0.25, 0.3) is 0 Å². The summed E-state index contributed by atoms with van der Waals surface area (Å²) in [7, 11) is -3.13. The highest BCUT2D eigenvalue weighted by Gasteiger charge is 2.27. The number of nitrogens with one attached hydrogen (secondary N) is 1. The van der Waals surface area contributed by atoms with E-state index in [2.05, 4.69) is 5.32 Å². The third kappa shape index (κ3) is 3.29. The normalized spacial score (nSPS) is 18.1. The lowest BCUT2D eigenvalue weighted by atomic mass is 10.1. The molecule has 6 nitrogen and oxygen atoms in total. The molecule has 0 radical (unpaired) electrons. The first-order chi connectivity index (χ1) is 9.40. The molecule has 110 valence electrons. The average Bonchev–Trinajstić information content (AvgIpc) is 2.68. The van der Waals surface area contributed by atoms with Crippen LogP contribution in [0.4, 0.5) is 0 Å². The van der Waals surface area contributed by atoms with Gasteiger partial charge in [-0.15, -0.1) is 0 Å². The Kier molecular flexibility index (Phi) is 4.29. The minimum atomic E-state index is -3.13. The van der Waals surface area contributed by atoms with Crippen LogP contribution in [0.1, 0.15) is 22.3 Å². The number of phenolic OH excluding ortho intramolecular Hbond substituents is 1. The van der Waals surface area contributed by atoms with E-state index in [1.807, 2.05) is 6.92 Å². The third-order valence-electron chi connectivity index (χ3n) is 3.25. The molecule has 0 unspecified atom stereocenters. The number of nitrogens with zero attached hydrogens (tertiary/aromatic N) is 1. The van der Waals surface area contributed by atoms with Gasteiger partial charge in [-0.05, 0) is 31.0 Å². The third-order valence-corrected chi connectivity index (χ3v) is 5.20. The first-order valence-electron chi connectivity index (χ1n) is 6.46. The molecule has 1 aliphatic rings. The van der Waals surface area contributed by atoms with Gasteiger partial charge in [0, 0.05) is 19.6 Å². The Morgan fingerprint density at radius 2 is 2.20 bits per heavy atom. The van der Waals surface area contributed by atoms with Crippen LogP contribution < -0.4 is 5.32 Å². The van der Waals surface area contributed by atoms with Crippen LogP contribution in [-0.2, 0) is 10.0 Å². The summed E-state index contributed by atoms with van der Waals surface area (Å²) in [4.78, 5) is 11.9.